The number of aryl methyl sites for hydroxylation is 1. The van der Waals surface area contributed by atoms with Crippen LogP contribution >= 0.6 is 27.3 Å². The van der Waals surface area contributed by atoms with Crippen LogP contribution in [0, 0.1) is 0 Å². The molecule has 2 heterocycles. The van der Waals surface area contributed by atoms with Gasteiger partial charge < -0.3 is 19.2 Å². The highest BCUT2D eigenvalue weighted by molar-refractivity contribution is 9.10. The molecule has 2 aromatic heterocycles. The quantitative estimate of drug-likeness (QED) is 0.368. The summed E-state index contributed by atoms with van der Waals surface area (Å²) in [6.45, 7) is 3.82. The molecule has 1 aliphatic rings. The van der Waals surface area contributed by atoms with Crippen molar-refractivity contribution in [2.75, 3.05) is 5.32 Å². The molecule has 0 fully saturated rings. The Morgan fingerprint density at radius 3 is 2.72 bits per heavy atom. The number of furan rings is 1. The highest BCUT2D eigenvalue weighted by atomic mass is 79.9. The second kappa shape index (κ2) is 9.92. The number of amides is 1. The second-order valence-corrected chi connectivity index (χ2v) is 9.77. The molecular weight excluding hydrogens is 494 g/mol. The van der Waals surface area contributed by atoms with Gasteiger partial charge in [-0.15, -0.1) is 11.3 Å². The average Bonchev–Trinajstić information content (AvgIpc) is 3.37. The first-order chi connectivity index (χ1) is 15.4. The molecular formula is C24H24BrNO5S. The monoisotopic (exact) mass is 517 g/mol. The molecule has 0 saturated carbocycles. The third-order valence-corrected chi connectivity index (χ3v) is 6.90. The summed E-state index contributed by atoms with van der Waals surface area (Å²) in [5.74, 6) is 0.569. The number of carbonyl (C=O) groups excluding carboxylic acids is 2. The topological polar surface area (TPSA) is 77.8 Å². The van der Waals surface area contributed by atoms with Crippen molar-refractivity contribution in [2.24, 2.45) is 0 Å². The van der Waals surface area contributed by atoms with E-state index in [4.69, 9.17) is 13.9 Å². The van der Waals surface area contributed by atoms with Crippen molar-refractivity contribution in [3.8, 4) is 5.75 Å². The predicted molar refractivity (Wildman–Crippen MR) is 127 cm³/mol. The first-order valence-corrected chi connectivity index (χ1v) is 12.2. The molecule has 8 heteroatoms. The molecule has 4 rings (SSSR count). The lowest BCUT2D eigenvalue weighted by atomic mass is 9.95. The van der Waals surface area contributed by atoms with Gasteiger partial charge in [-0.25, -0.2) is 4.79 Å². The first kappa shape index (κ1) is 22.6. The van der Waals surface area contributed by atoms with Crippen molar-refractivity contribution < 1.29 is 23.5 Å². The molecule has 0 atom stereocenters. The molecule has 1 aliphatic carbocycles. The van der Waals surface area contributed by atoms with E-state index in [1.165, 1.54) is 11.3 Å². The molecule has 0 saturated heterocycles. The van der Waals surface area contributed by atoms with Crippen LogP contribution in [0.3, 0.4) is 0 Å². The summed E-state index contributed by atoms with van der Waals surface area (Å²) in [7, 11) is 0. The van der Waals surface area contributed by atoms with E-state index >= 15 is 0 Å². The minimum Gasteiger partial charge on any atom is -0.484 e. The van der Waals surface area contributed by atoms with E-state index in [-0.39, 0.29) is 18.5 Å². The molecule has 0 unspecified atom stereocenters. The summed E-state index contributed by atoms with van der Waals surface area (Å²) in [5, 5.41) is 3.39. The van der Waals surface area contributed by atoms with Gasteiger partial charge in [0, 0.05) is 4.88 Å². The maximum atomic E-state index is 12.9. The normalized spacial score (nSPS) is 13.0. The van der Waals surface area contributed by atoms with Crippen molar-refractivity contribution in [1.29, 1.82) is 0 Å². The molecule has 1 amide bonds. The minimum atomic E-state index is -0.408. The standard InChI is InChI=1S/C24H24BrNO5S/c1-14(2)30-24(28)21-16-7-3-6-10-20(16)32-23(21)26-22(27)19-12-11-15(31-19)13-29-18-9-5-4-8-17(18)25/h4-5,8-9,11-12,14H,3,6-7,10,13H2,1-2H3,(H,26,27). The van der Waals surface area contributed by atoms with E-state index in [0.717, 1.165) is 40.6 Å². The number of ether oxygens (including phenoxy) is 2. The van der Waals surface area contributed by atoms with Crippen LogP contribution in [0.15, 0.2) is 45.3 Å². The van der Waals surface area contributed by atoms with Crippen LogP contribution in [0.25, 0.3) is 0 Å². The molecule has 0 radical (unpaired) electrons. The second-order valence-electron chi connectivity index (χ2n) is 7.81. The van der Waals surface area contributed by atoms with Gasteiger partial charge in [-0.05, 0) is 85.3 Å². The van der Waals surface area contributed by atoms with E-state index in [0.29, 0.717) is 22.1 Å². The molecule has 3 aromatic rings. The Balaban J connectivity index is 1.49. The van der Waals surface area contributed by atoms with Gasteiger partial charge in [0.1, 0.15) is 23.1 Å². The van der Waals surface area contributed by atoms with Crippen molar-refractivity contribution in [3.05, 3.63) is 68.4 Å². The number of fused-ring (bicyclic) bond motifs is 1. The van der Waals surface area contributed by atoms with Gasteiger partial charge >= 0.3 is 5.97 Å². The first-order valence-electron chi connectivity index (χ1n) is 10.5. The van der Waals surface area contributed by atoms with Crippen molar-refractivity contribution in [2.45, 2.75) is 52.2 Å². The van der Waals surface area contributed by atoms with Crippen LogP contribution < -0.4 is 10.1 Å². The van der Waals surface area contributed by atoms with Gasteiger partial charge in [-0.3, -0.25) is 4.79 Å². The number of halogens is 1. The highest BCUT2D eigenvalue weighted by Crippen LogP contribution is 2.39. The van der Waals surface area contributed by atoms with Gasteiger partial charge in [-0.1, -0.05) is 12.1 Å². The van der Waals surface area contributed by atoms with Gasteiger partial charge in [0.25, 0.3) is 5.91 Å². The number of para-hydroxylation sites is 1. The summed E-state index contributed by atoms with van der Waals surface area (Å²) >= 11 is 4.89. The fourth-order valence-corrected chi connectivity index (χ4v) is 5.27. The average molecular weight is 518 g/mol. The number of rotatable bonds is 7. The van der Waals surface area contributed by atoms with Crippen LogP contribution in [0.1, 0.15) is 63.8 Å². The van der Waals surface area contributed by atoms with E-state index in [9.17, 15) is 9.59 Å². The Morgan fingerprint density at radius 1 is 1.16 bits per heavy atom. The Bertz CT molecular complexity index is 1130. The number of nitrogens with one attached hydrogen (secondary N) is 1. The number of hydrogen-bond donors (Lipinski definition) is 1. The highest BCUT2D eigenvalue weighted by Gasteiger charge is 2.28. The summed E-state index contributed by atoms with van der Waals surface area (Å²) < 4.78 is 17.7. The largest absolute Gasteiger partial charge is 0.484 e. The fraction of sp³-hybridized carbons (Fsp3) is 0.333. The SMILES string of the molecule is CC(C)OC(=O)c1c(NC(=O)c2ccc(COc3ccccc3Br)o2)sc2c1CCCC2. The van der Waals surface area contributed by atoms with E-state index in [1.54, 1.807) is 12.1 Å². The van der Waals surface area contributed by atoms with Crippen molar-refractivity contribution >= 4 is 44.1 Å². The van der Waals surface area contributed by atoms with Crippen LogP contribution in [0.2, 0.25) is 0 Å². The summed E-state index contributed by atoms with van der Waals surface area (Å²) in [6.07, 6.45) is 3.61. The van der Waals surface area contributed by atoms with Crippen LogP contribution in [-0.2, 0) is 24.2 Å². The predicted octanol–water partition coefficient (Wildman–Crippen LogP) is 6.38. The van der Waals surface area contributed by atoms with E-state index < -0.39 is 11.9 Å². The Hall–Kier alpha value is -2.58. The van der Waals surface area contributed by atoms with E-state index in [1.807, 2.05) is 38.1 Å². The van der Waals surface area contributed by atoms with Crippen molar-refractivity contribution in [1.82, 2.24) is 0 Å². The summed E-state index contributed by atoms with van der Waals surface area (Å²) in [6, 6.07) is 10.8. The molecule has 0 aliphatic heterocycles. The van der Waals surface area contributed by atoms with Crippen LogP contribution in [-0.4, -0.2) is 18.0 Å². The Kier molecular flexibility index (Phi) is 7.01. The number of benzene rings is 1. The number of thiophene rings is 1. The van der Waals surface area contributed by atoms with Gasteiger partial charge in [0.15, 0.2) is 5.76 Å². The molecule has 0 spiro atoms. The lowest BCUT2D eigenvalue weighted by Gasteiger charge is -2.14. The third kappa shape index (κ3) is 5.07. The smallest absolute Gasteiger partial charge is 0.341 e. The molecule has 1 aromatic carbocycles. The zero-order valence-corrected chi connectivity index (χ0v) is 20.3. The van der Waals surface area contributed by atoms with Gasteiger partial charge in [-0.2, -0.15) is 0 Å². The van der Waals surface area contributed by atoms with Crippen molar-refractivity contribution in [3.63, 3.8) is 0 Å². The number of hydrogen-bond acceptors (Lipinski definition) is 6. The minimum absolute atomic E-state index is 0.158. The molecule has 168 valence electrons. The van der Waals surface area contributed by atoms with E-state index in [2.05, 4.69) is 21.2 Å². The Labute approximate surface area is 199 Å². The number of carbonyl (C=O) groups is 2. The summed E-state index contributed by atoms with van der Waals surface area (Å²) in [4.78, 5) is 26.8. The third-order valence-electron chi connectivity index (χ3n) is 5.04. The summed E-state index contributed by atoms with van der Waals surface area (Å²) in [5.41, 5.74) is 1.49. The Morgan fingerprint density at radius 2 is 1.94 bits per heavy atom. The zero-order chi connectivity index (χ0) is 22.7. The molecule has 6 nitrogen and oxygen atoms in total. The van der Waals surface area contributed by atoms with Crippen LogP contribution in [0.4, 0.5) is 5.00 Å². The molecule has 0 bridgehead atoms. The maximum absolute atomic E-state index is 12.9. The van der Waals surface area contributed by atoms with Gasteiger partial charge in [0.05, 0.1) is 16.1 Å². The van der Waals surface area contributed by atoms with Gasteiger partial charge in [0.2, 0.25) is 0 Å². The number of anilines is 1. The lowest BCUT2D eigenvalue weighted by Crippen LogP contribution is -2.17. The number of esters is 1. The van der Waals surface area contributed by atoms with Crippen LogP contribution in [0.5, 0.6) is 5.75 Å². The molecule has 1 N–H and O–H groups in total. The zero-order valence-electron chi connectivity index (χ0n) is 17.9. The fourth-order valence-electron chi connectivity index (χ4n) is 3.60. The lowest BCUT2D eigenvalue weighted by molar-refractivity contribution is 0.0378. The molecule has 32 heavy (non-hydrogen) atoms. The maximum Gasteiger partial charge on any atom is 0.341 e.